The number of piperidine rings is 1. The third-order valence-electron chi connectivity index (χ3n) is 4.95. The Labute approximate surface area is 164 Å². The molecular formula is C18H25ClFN3O4. The lowest BCUT2D eigenvalue weighted by Gasteiger charge is -2.41. The Morgan fingerprint density at radius 2 is 1.93 bits per heavy atom. The second-order valence-corrected chi connectivity index (χ2v) is 6.50. The van der Waals surface area contributed by atoms with Crippen LogP contribution in [0.3, 0.4) is 0 Å². The minimum absolute atomic E-state index is 0. The van der Waals surface area contributed by atoms with Gasteiger partial charge in [0.2, 0.25) is 5.91 Å². The average molecular weight is 402 g/mol. The van der Waals surface area contributed by atoms with Crippen LogP contribution in [0.2, 0.25) is 0 Å². The third-order valence-corrected chi connectivity index (χ3v) is 4.95. The molecule has 0 aromatic heterocycles. The first kappa shape index (κ1) is 21.2. The Bertz CT molecular complexity index is 703. The SMILES string of the molecule is COc1cc(F)c(C(=O)N2CCCC(N3CCNCC3=O)C2)cc1OC.Cl. The van der Waals surface area contributed by atoms with Crippen molar-refractivity contribution in [2.45, 2.75) is 18.9 Å². The number of carbonyl (C=O) groups is 2. The van der Waals surface area contributed by atoms with Crippen LogP contribution >= 0.6 is 12.4 Å². The lowest BCUT2D eigenvalue weighted by Crippen LogP contribution is -2.57. The maximum absolute atomic E-state index is 14.4. The van der Waals surface area contributed by atoms with Crippen LogP contribution in [0.15, 0.2) is 12.1 Å². The molecule has 1 atom stereocenters. The van der Waals surface area contributed by atoms with Gasteiger partial charge in [-0.3, -0.25) is 9.59 Å². The number of amides is 2. The summed E-state index contributed by atoms with van der Waals surface area (Å²) >= 11 is 0. The van der Waals surface area contributed by atoms with E-state index >= 15 is 0 Å². The van der Waals surface area contributed by atoms with Gasteiger partial charge < -0.3 is 24.6 Å². The van der Waals surface area contributed by atoms with E-state index in [1.807, 2.05) is 4.90 Å². The van der Waals surface area contributed by atoms with Gasteiger partial charge in [0, 0.05) is 38.3 Å². The topological polar surface area (TPSA) is 71.1 Å². The molecule has 2 aliphatic rings. The lowest BCUT2D eigenvalue weighted by atomic mass is 10.0. The number of ether oxygens (including phenoxy) is 2. The molecule has 2 heterocycles. The third kappa shape index (κ3) is 4.44. The molecule has 0 saturated carbocycles. The molecule has 7 nitrogen and oxygen atoms in total. The molecule has 2 amide bonds. The van der Waals surface area contributed by atoms with Gasteiger partial charge in [-0.25, -0.2) is 4.39 Å². The number of hydrogen-bond acceptors (Lipinski definition) is 5. The molecule has 1 aromatic carbocycles. The van der Waals surface area contributed by atoms with Gasteiger partial charge in [-0.05, 0) is 18.9 Å². The van der Waals surface area contributed by atoms with Crippen LogP contribution in [0.1, 0.15) is 23.2 Å². The molecule has 0 bridgehead atoms. The first-order valence-corrected chi connectivity index (χ1v) is 8.76. The molecule has 0 spiro atoms. The smallest absolute Gasteiger partial charge is 0.257 e. The Balaban J connectivity index is 0.00000261. The number of nitrogens with zero attached hydrogens (tertiary/aromatic N) is 2. The van der Waals surface area contributed by atoms with Crippen LogP contribution in [0.4, 0.5) is 4.39 Å². The zero-order valence-corrected chi connectivity index (χ0v) is 16.3. The fraction of sp³-hybridized carbons (Fsp3) is 0.556. The van der Waals surface area contributed by atoms with E-state index < -0.39 is 11.7 Å². The monoisotopic (exact) mass is 401 g/mol. The van der Waals surface area contributed by atoms with E-state index in [-0.39, 0.29) is 35.7 Å². The van der Waals surface area contributed by atoms with Crippen LogP contribution in [0.5, 0.6) is 11.5 Å². The highest BCUT2D eigenvalue weighted by Gasteiger charge is 2.33. The Kier molecular flexibility index (Phi) is 7.26. The summed E-state index contributed by atoms with van der Waals surface area (Å²) in [5.41, 5.74) is -0.0464. The summed E-state index contributed by atoms with van der Waals surface area (Å²) < 4.78 is 24.7. The van der Waals surface area contributed by atoms with E-state index in [1.54, 1.807) is 4.90 Å². The van der Waals surface area contributed by atoms with Crippen molar-refractivity contribution in [3.05, 3.63) is 23.5 Å². The molecular weight excluding hydrogens is 377 g/mol. The van der Waals surface area contributed by atoms with E-state index in [9.17, 15) is 14.0 Å². The summed E-state index contributed by atoms with van der Waals surface area (Å²) in [4.78, 5) is 28.4. The van der Waals surface area contributed by atoms with Crippen molar-refractivity contribution in [3.8, 4) is 11.5 Å². The van der Waals surface area contributed by atoms with Gasteiger partial charge in [0.25, 0.3) is 5.91 Å². The maximum atomic E-state index is 14.4. The zero-order valence-electron chi connectivity index (χ0n) is 15.5. The molecule has 0 aliphatic carbocycles. The number of methoxy groups -OCH3 is 2. The zero-order chi connectivity index (χ0) is 18.7. The standard InChI is InChI=1S/C18H24FN3O4.ClH/c1-25-15-8-13(14(19)9-16(15)26-2)18(24)21-6-3-4-12(11-21)22-7-5-20-10-17(22)23;/h8-9,12,20H,3-7,10-11H2,1-2H3;1H. The van der Waals surface area contributed by atoms with Gasteiger partial charge in [0.05, 0.1) is 26.3 Å². The summed E-state index contributed by atoms with van der Waals surface area (Å²) in [6, 6.07) is 2.51. The molecule has 2 aliphatic heterocycles. The minimum Gasteiger partial charge on any atom is -0.493 e. The summed E-state index contributed by atoms with van der Waals surface area (Å²) in [5, 5.41) is 3.05. The van der Waals surface area contributed by atoms with Gasteiger partial charge in [0.15, 0.2) is 11.5 Å². The number of benzene rings is 1. The summed E-state index contributed by atoms with van der Waals surface area (Å²) in [6.45, 7) is 2.67. The van der Waals surface area contributed by atoms with Crippen LogP contribution in [-0.4, -0.2) is 74.6 Å². The Morgan fingerprint density at radius 1 is 1.22 bits per heavy atom. The van der Waals surface area contributed by atoms with Crippen LogP contribution in [-0.2, 0) is 4.79 Å². The number of halogens is 2. The van der Waals surface area contributed by atoms with Crippen LogP contribution in [0, 0.1) is 5.82 Å². The van der Waals surface area contributed by atoms with Crippen molar-refractivity contribution >= 4 is 24.2 Å². The van der Waals surface area contributed by atoms with E-state index in [1.165, 1.54) is 20.3 Å². The second-order valence-electron chi connectivity index (χ2n) is 6.50. The largest absolute Gasteiger partial charge is 0.493 e. The van der Waals surface area contributed by atoms with E-state index in [0.717, 1.165) is 25.5 Å². The number of hydrogen-bond donors (Lipinski definition) is 1. The highest BCUT2D eigenvalue weighted by Crippen LogP contribution is 2.31. The predicted molar refractivity (Wildman–Crippen MR) is 100 cm³/mol. The van der Waals surface area contributed by atoms with Crippen molar-refractivity contribution in [1.29, 1.82) is 0 Å². The van der Waals surface area contributed by atoms with Crippen molar-refractivity contribution < 1.29 is 23.5 Å². The second kappa shape index (κ2) is 9.23. The number of carbonyl (C=O) groups excluding carboxylic acids is 2. The first-order chi connectivity index (χ1) is 12.5. The van der Waals surface area contributed by atoms with Crippen LogP contribution in [0.25, 0.3) is 0 Å². The van der Waals surface area contributed by atoms with Crippen molar-refractivity contribution in [3.63, 3.8) is 0 Å². The van der Waals surface area contributed by atoms with Gasteiger partial charge in [-0.1, -0.05) is 0 Å². The predicted octanol–water partition coefficient (Wildman–Crippen LogP) is 1.30. The summed E-state index contributed by atoms with van der Waals surface area (Å²) in [5.74, 6) is -0.441. The van der Waals surface area contributed by atoms with Crippen molar-refractivity contribution in [1.82, 2.24) is 15.1 Å². The van der Waals surface area contributed by atoms with Gasteiger partial charge in [-0.2, -0.15) is 0 Å². The highest BCUT2D eigenvalue weighted by atomic mass is 35.5. The number of rotatable bonds is 4. The van der Waals surface area contributed by atoms with Crippen molar-refractivity contribution in [2.24, 2.45) is 0 Å². The average Bonchev–Trinajstić information content (AvgIpc) is 2.67. The summed E-state index contributed by atoms with van der Waals surface area (Å²) in [6.07, 6.45) is 1.63. The molecule has 9 heteroatoms. The fourth-order valence-electron chi connectivity index (χ4n) is 3.59. The molecule has 2 fully saturated rings. The van der Waals surface area contributed by atoms with Gasteiger partial charge in [-0.15, -0.1) is 12.4 Å². The highest BCUT2D eigenvalue weighted by molar-refractivity contribution is 5.95. The molecule has 27 heavy (non-hydrogen) atoms. The molecule has 1 aromatic rings. The summed E-state index contributed by atoms with van der Waals surface area (Å²) in [7, 11) is 2.86. The Morgan fingerprint density at radius 3 is 2.59 bits per heavy atom. The molecule has 2 saturated heterocycles. The van der Waals surface area contributed by atoms with Crippen molar-refractivity contribution in [2.75, 3.05) is 46.9 Å². The first-order valence-electron chi connectivity index (χ1n) is 8.76. The molecule has 150 valence electrons. The maximum Gasteiger partial charge on any atom is 0.257 e. The quantitative estimate of drug-likeness (QED) is 0.823. The number of likely N-dealkylation sites (tertiary alicyclic amines) is 1. The molecule has 1 unspecified atom stereocenters. The molecule has 3 rings (SSSR count). The molecule has 1 N–H and O–H groups in total. The fourth-order valence-corrected chi connectivity index (χ4v) is 3.59. The van der Waals surface area contributed by atoms with E-state index in [2.05, 4.69) is 5.32 Å². The molecule has 0 radical (unpaired) electrons. The lowest BCUT2D eigenvalue weighted by molar-refractivity contribution is -0.135. The minimum atomic E-state index is -0.645. The normalized spacial score (nSPS) is 20.1. The van der Waals surface area contributed by atoms with E-state index in [0.29, 0.717) is 31.9 Å². The number of piperazine rings is 1. The van der Waals surface area contributed by atoms with Crippen LogP contribution < -0.4 is 14.8 Å². The Hall–Kier alpha value is -2.06. The van der Waals surface area contributed by atoms with Gasteiger partial charge in [0.1, 0.15) is 5.82 Å². The number of nitrogens with one attached hydrogen (secondary N) is 1. The van der Waals surface area contributed by atoms with E-state index in [4.69, 9.17) is 9.47 Å². The van der Waals surface area contributed by atoms with Gasteiger partial charge >= 0.3 is 0 Å².